The number of aryl methyl sites for hydroxylation is 1. The minimum Gasteiger partial charge on any atom is -0.476 e. The summed E-state index contributed by atoms with van der Waals surface area (Å²) in [4.78, 5) is 29.4. The van der Waals surface area contributed by atoms with Gasteiger partial charge in [-0.05, 0) is 67.6 Å². The van der Waals surface area contributed by atoms with Crippen molar-refractivity contribution in [2.24, 2.45) is 5.92 Å². The number of H-pyrrole nitrogens is 1. The Morgan fingerprint density at radius 1 is 1.12 bits per heavy atom. The van der Waals surface area contributed by atoms with E-state index in [9.17, 15) is 9.18 Å². The number of rotatable bonds is 9. The first kappa shape index (κ1) is 22.0. The summed E-state index contributed by atoms with van der Waals surface area (Å²) in [5.74, 6) is 1.38. The fourth-order valence-electron chi connectivity index (χ4n) is 3.93. The Bertz CT molecular complexity index is 1270. The Balaban J connectivity index is 1.35. The van der Waals surface area contributed by atoms with E-state index in [2.05, 4.69) is 20.3 Å². The van der Waals surface area contributed by atoms with E-state index in [0.717, 1.165) is 31.5 Å². The van der Waals surface area contributed by atoms with Crippen LogP contribution in [0.4, 0.5) is 4.39 Å². The minimum absolute atomic E-state index is 0.170. The number of hydrogen-bond acceptors (Lipinski definition) is 5. The van der Waals surface area contributed by atoms with Crippen LogP contribution in [0.25, 0.3) is 22.3 Å². The van der Waals surface area contributed by atoms with Gasteiger partial charge in [0.25, 0.3) is 5.91 Å². The van der Waals surface area contributed by atoms with E-state index < -0.39 is 0 Å². The molecule has 0 saturated heterocycles. The lowest BCUT2D eigenvalue weighted by Crippen LogP contribution is -2.24. The number of halogens is 1. The number of nitrogens with zero attached hydrogens (tertiary/aromatic N) is 3. The molecule has 1 aliphatic rings. The van der Waals surface area contributed by atoms with Gasteiger partial charge in [0.15, 0.2) is 0 Å². The van der Waals surface area contributed by atoms with Crippen molar-refractivity contribution in [3.05, 3.63) is 72.1 Å². The second-order valence-electron chi connectivity index (χ2n) is 8.59. The van der Waals surface area contributed by atoms with Crippen LogP contribution in [0.1, 0.15) is 41.9 Å². The van der Waals surface area contributed by atoms with Crippen LogP contribution in [0.5, 0.6) is 5.88 Å². The molecule has 34 heavy (non-hydrogen) atoms. The Morgan fingerprint density at radius 3 is 2.71 bits per heavy atom. The van der Waals surface area contributed by atoms with Crippen LogP contribution < -0.4 is 10.1 Å². The molecule has 0 spiro atoms. The van der Waals surface area contributed by atoms with Crippen molar-refractivity contribution in [2.75, 3.05) is 13.2 Å². The van der Waals surface area contributed by atoms with Gasteiger partial charge in [0, 0.05) is 36.5 Å². The van der Waals surface area contributed by atoms with Crippen LogP contribution in [0.15, 0.2) is 54.9 Å². The third kappa shape index (κ3) is 5.06. The van der Waals surface area contributed by atoms with Gasteiger partial charge < -0.3 is 15.0 Å². The predicted molar refractivity (Wildman–Crippen MR) is 127 cm³/mol. The minimum atomic E-state index is -0.319. The molecule has 2 N–H and O–H groups in total. The topological polar surface area (TPSA) is 92.8 Å². The van der Waals surface area contributed by atoms with Gasteiger partial charge in [0.2, 0.25) is 5.88 Å². The first-order chi connectivity index (χ1) is 16.7. The van der Waals surface area contributed by atoms with Crippen molar-refractivity contribution in [3.8, 4) is 17.1 Å². The van der Waals surface area contributed by atoms with Crippen molar-refractivity contribution in [2.45, 2.75) is 32.1 Å². The standard InChI is InChI=1S/C26H26FN5O2/c27-20-9-6-18(7-10-20)24-26(34-16-17-3-1-4-17)32-21-11-8-19(15-22(21)31-24)25(33)30-12-2-5-23-28-13-14-29-23/h6-11,13-15,17H,1-5,12,16H2,(H,28,29)(H,30,33). The molecule has 2 heterocycles. The molecule has 8 heteroatoms. The summed E-state index contributed by atoms with van der Waals surface area (Å²) < 4.78 is 19.5. The van der Waals surface area contributed by atoms with Crippen LogP contribution in [0.2, 0.25) is 0 Å². The summed E-state index contributed by atoms with van der Waals surface area (Å²) in [6.07, 6.45) is 8.60. The molecule has 5 rings (SSSR count). The molecule has 0 aliphatic heterocycles. The molecular formula is C26H26FN5O2. The van der Waals surface area contributed by atoms with Gasteiger partial charge in [-0.1, -0.05) is 6.42 Å². The summed E-state index contributed by atoms with van der Waals surface area (Å²) in [5, 5.41) is 2.94. The molecule has 1 amide bonds. The fraction of sp³-hybridized carbons (Fsp3) is 0.308. The van der Waals surface area contributed by atoms with Gasteiger partial charge in [0.1, 0.15) is 17.3 Å². The van der Waals surface area contributed by atoms with Crippen molar-refractivity contribution in [3.63, 3.8) is 0 Å². The molecule has 4 aromatic rings. The smallest absolute Gasteiger partial charge is 0.251 e. The molecule has 0 radical (unpaired) electrons. The number of carbonyl (C=O) groups is 1. The lowest BCUT2D eigenvalue weighted by molar-refractivity contribution is 0.0953. The number of imidazole rings is 1. The second-order valence-corrected chi connectivity index (χ2v) is 8.59. The van der Waals surface area contributed by atoms with Crippen LogP contribution in [0.3, 0.4) is 0 Å². The number of amides is 1. The molecule has 1 aliphatic carbocycles. The van der Waals surface area contributed by atoms with Crippen molar-refractivity contribution < 1.29 is 13.9 Å². The first-order valence-electron chi connectivity index (χ1n) is 11.6. The third-order valence-corrected chi connectivity index (χ3v) is 6.12. The highest BCUT2D eigenvalue weighted by molar-refractivity contribution is 5.97. The van der Waals surface area contributed by atoms with Crippen LogP contribution in [-0.4, -0.2) is 39.0 Å². The number of carbonyl (C=O) groups excluding carboxylic acids is 1. The number of ether oxygens (including phenoxy) is 1. The largest absolute Gasteiger partial charge is 0.476 e. The van der Waals surface area contributed by atoms with Crippen molar-refractivity contribution >= 4 is 16.9 Å². The first-order valence-corrected chi connectivity index (χ1v) is 11.6. The molecule has 0 bridgehead atoms. The van der Waals surface area contributed by atoms with E-state index in [0.29, 0.717) is 52.8 Å². The predicted octanol–water partition coefficient (Wildman–Crippen LogP) is 4.70. The van der Waals surface area contributed by atoms with E-state index in [4.69, 9.17) is 9.72 Å². The highest BCUT2D eigenvalue weighted by Gasteiger charge is 2.20. The van der Waals surface area contributed by atoms with E-state index in [1.165, 1.54) is 18.6 Å². The number of aromatic nitrogens is 4. The summed E-state index contributed by atoms with van der Waals surface area (Å²) in [5.41, 5.74) is 2.99. The number of aromatic amines is 1. The number of benzene rings is 2. The van der Waals surface area contributed by atoms with Crippen molar-refractivity contribution in [1.82, 2.24) is 25.3 Å². The molecule has 0 unspecified atom stereocenters. The van der Waals surface area contributed by atoms with Gasteiger partial charge >= 0.3 is 0 Å². The summed E-state index contributed by atoms with van der Waals surface area (Å²) in [6, 6.07) is 11.4. The fourth-order valence-corrected chi connectivity index (χ4v) is 3.93. The van der Waals surface area contributed by atoms with Crippen LogP contribution in [0, 0.1) is 11.7 Å². The van der Waals surface area contributed by atoms with Gasteiger partial charge in [-0.15, -0.1) is 0 Å². The number of hydrogen-bond donors (Lipinski definition) is 2. The zero-order chi connectivity index (χ0) is 23.3. The maximum Gasteiger partial charge on any atom is 0.251 e. The molecule has 2 aromatic carbocycles. The maximum atomic E-state index is 13.5. The van der Waals surface area contributed by atoms with Gasteiger partial charge in [-0.25, -0.2) is 19.3 Å². The Hall–Kier alpha value is -3.81. The zero-order valence-corrected chi connectivity index (χ0v) is 18.8. The quantitative estimate of drug-likeness (QED) is 0.354. The molecule has 1 saturated carbocycles. The molecule has 7 nitrogen and oxygen atoms in total. The van der Waals surface area contributed by atoms with E-state index >= 15 is 0 Å². The Labute approximate surface area is 196 Å². The SMILES string of the molecule is O=C(NCCCc1ncc[nH]1)c1ccc2nc(OCC3CCC3)c(-c3ccc(F)cc3)nc2c1. The molecule has 1 fully saturated rings. The van der Waals surface area contributed by atoms with Gasteiger partial charge in [0.05, 0.1) is 17.6 Å². The molecule has 174 valence electrons. The second kappa shape index (κ2) is 9.99. The van der Waals surface area contributed by atoms with E-state index in [-0.39, 0.29) is 11.7 Å². The monoisotopic (exact) mass is 459 g/mol. The average Bonchev–Trinajstić information content (AvgIpc) is 3.34. The summed E-state index contributed by atoms with van der Waals surface area (Å²) in [7, 11) is 0. The number of fused-ring (bicyclic) bond motifs is 1. The molecule has 2 aromatic heterocycles. The summed E-state index contributed by atoms with van der Waals surface area (Å²) in [6.45, 7) is 1.13. The Kier molecular flexibility index (Phi) is 6.46. The molecule has 0 atom stereocenters. The normalized spacial score (nSPS) is 13.6. The molecular weight excluding hydrogens is 433 g/mol. The van der Waals surface area contributed by atoms with E-state index in [1.54, 1.807) is 42.7 Å². The maximum absolute atomic E-state index is 13.5. The summed E-state index contributed by atoms with van der Waals surface area (Å²) >= 11 is 0. The van der Waals surface area contributed by atoms with Gasteiger partial charge in [-0.3, -0.25) is 4.79 Å². The number of nitrogens with one attached hydrogen (secondary N) is 2. The lowest BCUT2D eigenvalue weighted by Gasteiger charge is -2.25. The van der Waals surface area contributed by atoms with Crippen LogP contribution in [-0.2, 0) is 6.42 Å². The zero-order valence-electron chi connectivity index (χ0n) is 18.8. The van der Waals surface area contributed by atoms with Crippen molar-refractivity contribution in [1.29, 1.82) is 0 Å². The highest BCUT2D eigenvalue weighted by Crippen LogP contribution is 2.32. The van der Waals surface area contributed by atoms with Crippen LogP contribution >= 0.6 is 0 Å². The third-order valence-electron chi connectivity index (χ3n) is 6.12. The Morgan fingerprint density at radius 2 is 1.97 bits per heavy atom. The highest BCUT2D eigenvalue weighted by atomic mass is 19.1. The van der Waals surface area contributed by atoms with Gasteiger partial charge in [-0.2, -0.15) is 0 Å². The average molecular weight is 460 g/mol. The van der Waals surface area contributed by atoms with E-state index in [1.807, 2.05) is 0 Å². The lowest BCUT2D eigenvalue weighted by atomic mass is 9.86.